The molecule has 0 spiro atoms. The molecule has 1 amide bonds. The van der Waals surface area contributed by atoms with E-state index in [9.17, 15) is 14.0 Å². The number of rotatable bonds is 4. The van der Waals surface area contributed by atoms with E-state index in [1.54, 1.807) is 24.3 Å². The Morgan fingerprint density at radius 3 is 2.48 bits per heavy atom. The van der Waals surface area contributed by atoms with Gasteiger partial charge in [0.1, 0.15) is 11.6 Å². The van der Waals surface area contributed by atoms with Crippen LogP contribution in [-0.4, -0.2) is 16.4 Å². The van der Waals surface area contributed by atoms with Crippen molar-refractivity contribution in [3.63, 3.8) is 0 Å². The summed E-state index contributed by atoms with van der Waals surface area (Å²) in [6.07, 6.45) is 0. The molecule has 0 fully saturated rings. The number of benzene rings is 3. The summed E-state index contributed by atoms with van der Waals surface area (Å²) in [5.74, 6) is -0.990. The average Bonchev–Trinajstić information content (AvgIpc) is 2.95. The van der Waals surface area contributed by atoms with Crippen LogP contribution in [0.1, 0.15) is 28.4 Å². The summed E-state index contributed by atoms with van der Waals surface area (Å²) in [6.45, 7) is 3.60. The summed E-state index contributed by atoms with van der Waals surface area (Å²) in [6, 6.07) is 15.3. The van der Waals surface area contributed by atoms with E-state index >= 15 is 0 Å². The number of amides is 1. The molecule has 0 atom stereocenters. The van der Waals surface area contributed by atoms with Gasteiger partial charge in [-0.15, -0.1) is 0 Å². The van der Waals surface area contributed by atoms with E-state index in [4.69, 9.17) is 10.5 Å². The fourth-order valence-electron chi connectivity index (χ4n) is 3.79. The highest BCUT2D eigenvalue weighted by Gasteiger charge is 2.21. The van der Waals surface area contributed by atoms with Gasteiger partial charge in [-0.05, 0) is 54.4 Å². The molecule has 4 rings (SSSR count). The Morgan fingerprint density at radius 1 is 1.03 bits per heavy atom. The third-order valence-corrected chi connectivity index (χ3v) is 4.85. The Labute approximate surface area is 166 Å². The van der Waals surface area contributed by atoms with Gasteiger partial charge in [0.15, 0.2) is 0 Å². The highest BCUT2D eigenvalue weighted by molar-refractivity contribution is 6.20. The van der Waals surface area contributed by atoms with Gasteiger partial charge in [-0.2, -0.15) is 0 Å². The number of hydrogen-bond donors (Lipinski definition) is 1. The molecule has 1 heterocycles. The van der Waals surface area contributed by atoms with Crippen molar-refractivity contribution in [2.75, 3.05) is 0 Å². The van der Waals surface area contributed by atoms with Gasteiger partial charge in [0.25, 0.3) is 0 Å². The summed E-state index contributed by atoms with van der Waals surface area (Å²) in [4.78, 5) is 23.8. The van der Waals surface area contributed by atoms with Gasteiger partial charge < -0.3 is 15.0 Å². The first-order valence-corrected chi connectivity index (χ1v) is 9.13. The van der Waals surface area contributed by atoms with Crippen LogP contribution in [0.4, 0.5) is 4.39 Å². The molecule has 0 bridgehead atoms. The van der Waals surface area contributed by atoms with E-state index in [0.29, 0.717) is 28.6 Å². The van der Waals surface area contributed by atoms with Gasteiger partial charge >= 0.3 is 5.97 Å². The maximum Gasteiger partial charge on any atom is 0.308 e. The first kappa shape index (κ1) is 18.7. The van der Waals surface area contributed by atoms with Gasteiger partial charge in [0, 0.05) is 24.4 Å². The Bertz CT molecular complexity index is 1290. The van der Waals surface area contributed by atoms with E-state index < -0.39 is 11.9 Å². The van der Waals surface area contributed by atoms with Crippen LogP contribution in [0.25, 0.3) is 21.8 Å². The molecule has 0 radical (unpaired) electrons. The molecule has 0 saturated carbocycles. The van der Waals surface area contributed by atoms with Crippen molar-refractivity contribution < 1.29 is 18.7 Å². The van der Waals surface area contributed by atoms with Gasteiger partial charge in [-0.1, -0.05) is 18.2 Å². The Morgan fingerprint density at radius 2 is 1.79 bits per heavy atom. The van der Waals surface area contributed by atoms with Crippen molar-refractivity contribution in [1.29, 1.82) is 0 Å². The Kier molecular flexibility index (Phi) is 4.54. The zero-order valence-corrected chi connectivity index (χ0v) is 16.0. The second-order valence-electron chi connectivity index (χ2n) is 7.03. The molecule has 3 aromatic carbocycles. The number of primary amides is 1. The number of carbonyl (C=O) groups excluding carboxylic acids is 2. The maximum atomic E-state index is 13.7. The van der Waals surface area contributed by atoms with E-state index in [1.807, 2.05) is 29.7 Å². The molecular formula is C23H19FN2O3. The molecule has 6 heteroatoms. The highest BCUT2D eigenvalue weighted by Crippen LogP contribution is 2.39. The Hall–Kier alpha value is -3.67. The van der Waals surface area contributed by atoms with E-state index in [2.05, 4.69) is 0 Å². The second-order valence-corrected chi connectivity index (χ2v) is 7.03. The lowest BCUT2D eigenvalue weighted by Crippen LogP contribution is -2.11. The molecule has 0 saturated heterocycles. The minimum Gasteiger partial charge on any atom is -0.426 e. The van der Waals surface area contributed by atoms with Gasteiger partial charge in [-0.25, -0.2) is 4.39 Å². The molecule has 2 N–H and O–H groups in total. The molecule has 4 aromatic rings. The molecule has 0 aliphatic rings. The fourth-order valence-corrected chi connectivity index (χ4v) is 3.79. The van der Waals surface area contributed by atoms with Crippen LogP contribution >= 0.6 is 0 Å². The zero-order chi connectivity index (χ0) is 20.7. The van der Waals surface area contributed by atoms with Gasteiger partial charge in [0.05, 0.1) is 16.4 Å². The van der Waals surface area contributed by atoms with Crippen LogP contribution in [0.2, 0.25) is 0 Å². The van der Waals surface area contributed by atoms with Gasteiger partial charge in [0.2, 0.25) is 5.91 Å². The van der Waals surface area contributed by atoms with Crippen LogP contribution in [0.3, 0.4) is 0 Å². The van der Waals surface area contributed by atoms with Crippen LogP contribution < -0.4 is 10.5 Å². The number of fused-ring (bicyclic) bond motifs is 3. The summed E-state index contributed by atoms with van der Waals surface area (Å²) in [7, 11) is 0. The molecular weight excluding hydrogens is 371 g/mol. The molecule has 0 aliphatic carbocycles. The summed E-state index contributed by atoms with van der Waals surface area (Å²) >= 11 is 0. The van der Waals surface area contributed by atoms with E-state index in [-0.39, 0.29) is 5.82 Å². The smallest absolute Gasteiger partial charge is 0.308 e. The first-order chi connectivity index (χ1) is 13.8. The summed E-state index contributed by atoms with van der Waals surface area (Å²) in [5.41, 5.74) is 9.14. The van der Waals surface area contributed by atoms with Crippen molar-refractivity contribution in [1.82, 2.24) is 4.57 Å². The predicted octanol–water partition coefficient (Wildman–Crippen LogP) is 4.31. The largest absolute Gasteiger partial charge is 0.426 e. The monoisotopic (exact) mass is 390 g/mol. The highest BCUT2D eigenvalue weighted by atomic mass is 19.1. The lowest BCUT2D eigenvalue weighted by Gasteiger charge is -2.10. The van der Waals surface area contributed by atoms with Crippen molar-refractivity contribution in [2.24, 2.45) is 5.73 Å². The average molecular weight is 390 g/mol. The standard InChI is InChI=1S/C23H19FN2O3/c1-13-9-19-22(20(10-13)29-14(2)27)21-17(23(25)28)7-4-8-18(21)26(19)12-15-5-3-6-16(24)11-15/h3-11H,12H2,1-2H3,(H2,25,28). The number of carbonyl (C=O) groups is 2. The molecule has 0 aliphatic heterocycles. The number of esters is 1. The van der Waals surface area contributed by atoms with Crippen LogP contribution in [0.5, 0.6) is 5.75 Å². The SMILES string of the molecule is CC(=O)Oc1cc(C)cc2c1c1c(C(N)=O)cccc1n2Cc1cccc(F)c1. The zero-order valence-electron chi connectivity index (χ0n) is 16.0. The van der Waals surface area contributed by atoms with Crippen molar-refractivity contribution >= 4 is 33.7 Å². The number of halogens is 1. The molecule has 0 unspecified atom stereocenters. The van der Waals surface area contributed by atoms with Gasteiger partial charge in [-0.3, -0.25) is 9.59 Å². The van der Waals surface area contributed by atoms with Crippen LogP contribution in [-0.2, 0) is 11.3 Å². The molecule has 1 aromatic heterocycles. The minimum absolute atomic E-state index is 0.321. The van der Waals surface area contributed by atoms with Crippen molar-refractivity contribution in [3.05, 3.63) is 77.1 Å². The number of nitrogens with zero attached hydrogens (tertiary/aromatic N) is 1. The lowest BCUT2D eigenvalue weighted by molar-refractivity contribution is -0.131. The minimum atomic E-state index is -0.574. The quantitative estimate of drug-likeness (QED) is 0.417. The van der Waals surface area contributed by atoms with E-state index in [0.717, 1.165) is 22.2 Å². The third-order valence-electron chi connectivity index (χ3n) is 4.85. The Balaban J connectivity index is 2.11. The number of aryl methyl sites for hydroxylation is 1. The third kappa shape index (κ3) is 3.33. The lowest BCUT2D eigenvalue weighted by atomic mass is 10.0. The summed E-state index contributed by atoms with van der Waals surface area (Å²) in [5, 5.41) is 1.24. The van der Waals surface area contributed by atoms with E-state index in [1.165, 1.54) is 19.1 Å². The predicted molar refractivity (Wildman–Crippen MR) is 110 cm³/mol. The van der Waals surface area contributed by atoms with Crippen molar-refractivity contribution in [2.45, 2.75) is 20.4 Å². The second kappa shape index (κ2) is 7.05. The topological polar surface area (TPSA) is 74.3 Å². The maximum absolute atomic E-state index is 13.7. The number of aromatic nitrogens is 1. The molecule has 29 heavy (non-hydrogen) atoms. The normalized spacial score (nSPS) is 11.1. The molecule has 5 nitrogen and oxygen atoms in total. The van der Waals surface area contributed by atoms with Crippen molar-refractivity contribution in [3.8, 4) is 5.75 Å². The van der Waals surface area contributed by atoms with Crippen LogP contribution in [0.15, 0.2) is 54.6 Å². The first-order valence-electron chi connectivity index (χ1n) is 9.13. The fraction of sp³-hybridized carbons (Fsp3) is 0.130. The number of nitrogens with two attached hydrogens (primary N) is 1. The number of hydrogen-bond acceptors (Lipinski definition) is 3. The number of ether oxygens (including phenoxy) is 1. The van der Waals surface area contributed by atoms with Crippen LogP contribution in [0, 0.1) is 12.7 Å². The molecule has 146 valence electrons. The summed E-state index contributed by atoms with van der Waals surface area (Å²) < 4.78 is 21.2.